The summed E-state index contributed by atoms with van der Waals surface area (Å²) in [7, 11) is 0. The molecule has 16 atom stereocenters. The van der Waals surface area contributed by atoms with Crippen LogP contribution in [0.3, 0.4) is 0 Å². The van der Waals surface area contributed by atoms with Gasteiger partial charge < -0.3 is 50.0 Å². The fourth-order valence-electron chi connectivity index (χ4n) is 11.5. The fourth-order valence-corrected chi connectivity index (χ4v) is 11.5. The maximum atomic E-state index is 14.8. The zero-order valence-corrected chi connectivity index (χ0v) is 29.3. The minimum atomic E-state index is -1.67. The van der Waals surface area contributed by atoms with Crippen molar-refractivity contribution in [1.29, 1.82) is 0 Å². The highest BCUT2D eigenvalue weighted by atomic mass is 16.7. The van der Waals surface area contributed by atoms with Gasteiger partial charge in [-0.15, -0.1) is 0 Å². The van der Waals surface area contributed by atoms with Crippen LogP contribution in [0.4, 0.5) is 0 Å². The molecule has 12 heteroatoms. The highest BCUT2D eigenvalue weighted by Crippen LogP contribution is 2.75. The number of allylic oxidation sites excluding steroid dienone is 2. The zero-order valence-electron chi connectivity index (χ0n) is 29.3. The summed E-state index contributed by atoms with van der Waals surface area (Å²) in [5.41, 5.74) is -4.48. The van der Waals surface area contributed by atoms with Crippen molar-refractivity contribution >= 4 is 11.6 Å². The molecule has 272 valence electrons. The largest absolute Gasteiger partial charge is 0.394 e. The van der Waals surface area contributed by atoms with E-state index in [1.807, 2.05) is 27.7 Å². The van der Waals surface area contributed by atoms with Crippen LogP contribution in [0.15, 0.2) is 11.6 Å². The van der Waals surface area contributed by atoms with Crippen molar-refractivity contribution < 1.29 is 59.5 Å². The standard InChI is InChI=1S/C36H56O12/c1-31(2)17-8-9-22-32(3)13-19(39)28(35(6)11-10-24(48-35)34(5,45)16-38)33(32,4)14-23(40)36(22,7)18(17)12-20(29(31)44)46-30-27(43)26(42)25(41)21(15-37)47-30/h8,18-22,24-28,30,37-39,41-43,45H,9-16H2,1-7H3/t18-,19-,20+,21-,22+,24+,25-,26+,27-,28+,30-,32+,33-,34+,35-,36+/m1/s1. The van der Waals surface area contributed by atoms with Gasteiger partial charge in [-0.05, 0) is 82.5 Å². The van der Waals surface area contributed by atoms with Crippen LogP contribution in [0.1, 0.15) is 87.0 Å². The van der Waals surface area contributed by atoms with Crippen LogP contribution in [-0.4, -0.2) is 121 Å². The van der Waals surface area contributed by atoms with Gasteiger partial charge >= 0.3 is 0 Å². The van der Waals surface area contributed by atoms with E-state index in [2.05, 4.69) is 19.9 Å². The lowest BCUT2D eigenvalue weighted by Gasteiger charge is -2.64. The predicted octanol–water partition coefficient (Wildman–Crippen LogP) is 0.787. The van der Waals surface area contributed by atoms with Gasteiger partial charge in [0.15, 0.2) is 12.1 Å². The molecule has 7 N–H and O–H groups in total. The summed E-state index contributed by atoms with van der Waals surface area (Å²) in [6.45, 7) is 12.3. The van der Waals surface area contributed by atoms with E-state index in [0.29, 0.717) is 25.7 Å². The normalized spacial score (nSPS) is 53.0. The molecule has 0 aromatic heterocycles. The number of hydrogen-bond donors (Lipinski definition) is 7. The van der Waals surface area contributed by atoms with E-state index in [9.17, 15) is 45.3 Å². The van der Waals surface area contributed by atoms with Gasteiger partial charge in [0, 0.05) is 23.2 Å². The molecule has 0 aromatic carbocycles. The number of aliphatic hydroxyl groups is 7. The quantitative estimate of drug-likeness (QED) is 0.195. The summed E-state index contributed by atoms with van der Waals surface area (Å²) in [4.78, 5) is 28.8. The summed E-state index contributed by atoms with van der Waals surface area (Å²) in [5, 5.41) is 73.5. The second kappa shape index (κ2) is 11.6. The molecule has 0 radical (unpaired) electrons. The molecule has 0 bridgehead atoms. The van der Waals surface area contributed by atoms with Crippen LogP contribution in [0.25, 0.3) is 0 Å². The first-order valence-corrected chi connectivity index (χ1v) is 17.6. The molecule has 48 heavy (non-hydrogen) atoms. The number of hydrogen-bond acceptors (Lipinski definition) is 12. The van der Waals surface area contributed by atoms with E-state index in [0.717, 1.165) is 5.57 Å². The minimum absolute atomic E-state index is 0.0411. The van der Waals surface area contributed by atoms with E-state index in [1.54, 1.807) is 6.92 Å². The summed E-state index contributed by atoms with van der Waals surface area (Å²) in [6, 6.07) is 0. The molecular weight excluding hydrogens is 624 g/mol. The number of rotatable bonds is 6. The monoisotopic (exact) mass is 680 g/mol. The molecule has 0 amide bonds. The Bertz CT molecular complexity index is 1340. The van der Waals surface area contributed by atoms with Crippen molar-refractivity contribution in [3.63, 3.8) is 0 Å². The van der Waals surface area contributed by atoms with E-state index in [1.165, 1.54) is 0 Å². The second-order valence-corrected chi connectivity index (χ2v) is 17.5. The first kappa shape index (κ1) is 36.5. The van der Waals surface area contributed by atoms with Gasteiger partial charge in [0.1, 0.15) is 41.9 Å². The third-order valence-electron chi connectivity index (χ3n) is 14.5. The molecule has 6 rings (SSSR count). The number of ether oxygens (including phenoxy) is 3. The van der Waals surface area contributed by atoms with E-state index >= 15 is 0 Å². The highest BCUT2D eigenvalue weighted by Gasteiger charge is 2.75. The number of carbonyl (C=O) groups excluding carboxylic acids is 2. The molecule has 2 aliphatic heterocycles. The molecule has 0 unspecified atom stereocenters. The lowest BCUT2D eigenvalue weighted by atomic mass is 9.38. The molecule has 0 spiro atoms. The number of carbonyl (C=O) groups is 2. The van der Waals surface area contributed by atoms with E-state index in [-0.39, 0.29) is 30.3 Å². The van der Waals surface area contributed by atoms with Crippen LogP contribution in [0.2, 0.25) is 0 Å². The van der Waals surface area contributed by atoms with Crippen molar-refractivity contribution in [2.75, 3.05) is 13.2 Å². The Hall–Kier alpha value is -1.32. The van der Waals surface area contributed by atoms with Gasteiger partial charge in [0.2, 0.25) is 0 Å². The Morgan fingerprint density at radius 2 is 1.65 bits per heavy atom. The minimum Gasteiger partial charge on any atom is -0.394 e. The topological polar surface area (TPSA) is 203 Å². The van der Waals surface area contributed by atoms with E-state index in [4.69, 9.17) is 14.2 Å². The molecule has 12 nitrogen and oxygen atoms in total. The lowest BCUT2D eigenvalue weighted by molar-refractivity contribution is -0.311. The highest BCUT2D eigenvalue weighted by molar-refractivity contribution is 5.94. The zero-order chi connectivity index (χ0) is 35.6. The molecule has 0 aromatic rings. The van der Waals surface area contributed by atoms with E-state index < -0.39 is 107 Å². The van der Waals surface area contributed by atoms with Gasteiger partial charge in [-0.2, -0.15) is 0 Å². The van der Waals surface area contributed by atoms with Gasteiger partial charge in [-0.3, -0.25) is 9.59 Å². The van der Waals surface area contributed by atoms with Crippen molar-refractivity contribution in [1.82, 2.24) is 0 Å². The molecule has 2 heterocycles. The van der Waals surface area contributed by atoms with Gasteiger partial charge in [-0.1, -0.05) is 32.4 Å². The molecular formula is C36H56O12. The maximum absolute atomic E-state index is 14.8. The Balaban J connectivity index is 1.33. The SMILES string of the molecule is CC1(C)C(=O)[C@@H](O[C@@H]2O[C@H](CO)[C@@H](O)[C@H](O)[C@H]2O)C[C@@H]2C1=CC[C@@H]1[C@@]2(C)C(=O)C[C@]2(C)[C@@H]([C@@]3(C)CC[C@@H]([C@@](C)(O)CO)O3)[C@H](O)C[C@@]12C. The Morgan fingerprint density at radius 1 is 0.979 bits per heavy atom. The van der Waals surface area contributed by atoms with Crippen LogP contribution in [0, 0.1) is 39.4 Å². The molecule has 5 fully saturated rings. The number of aliphatic hydroxyl groups excluding tert-OH is 6. The Morgan fingerprint density at radius 3 is 2.27 bits per heavy atom. The third-order valence-corrected chi connectivity index (χ3v) is 14.5. The first-order valence-electron chi connectivity index (χ1n) is 17.6. The first-order chi connectivity index (χ1) is 22.1. The molecule has 2 saturated heterocycles. The lowest BCUT2D eigenvalue weighted by Crippen LogP contribution is -2.65. The van der Waals surface area contributed by atoms with Crippen LogP contribution >= 0.6 is 0 Å². The van der Waals surface area contributed by atoms with Crippen molar-refractivity contribution in [2.24, 2.45) is 39.4 Å². The van der Waals surface area contributed by atoms with Crippen molar-refractivity contribution in [3.8, 4) is 0 Å². The summed E-state index contributed by atoms with van der Waals surface area (Å²) in [5.74, 6) is -1.20. The van der Waals surface area contributed by atoms with Gasteiger partial charge in [0.25, 0.3) is 0 Å². The molecule has 3 saturated carbocycles. The number of ketones is 2. The third kappa shape index (κ3) is 4.84. The van der Waals surface area contributed by atoms with Gasteiger partial charge in [-0.25, -0.2) is 0 Å². The molecule has 6 aliphatic rings. The summed E-state index contributed by atoms with van der Waals surface area (Å²) in [6.07, 6.45) is -5.54. The average Bonchev–Trinajstić information content (AvgIpc) is 3.51. The smallest absolute Gasteiger partial charge is 0.187 e. The van der Waals surface area contributed by atoms with Crippen LogP contribution in [0.5, 0.6) is 0 Å². The molecule has 4 aliphatic carbocycles. The number of Topliss-reactive ketones (excluding diaryl/α,β-unsaturated/α-hetero) is 2. The Labute approximate surface area is 282 Å². The average molecular weight is 681 g/mol. The van der Waals surface area contributed by atoms with Crippen LogP contribution < -0.4 is 0 Å². The van der Waals surface area contributed by atoms with Crippen molar-refractivity contribution in [2.45, 2.75) is 147 Å². The second-order valence-electron chi connectivity index (χ2n) is 17.5. The maximum Gasteiger partial charge on any atom is 0.187 e. The van der Waals surface area contributed by atoms with Crippen molar-refractivity contribution in [3.05, 3.63) is 11.6 Å². The summed E-state index contributed by atoms with van der Waals surface area (Å²) < 4.78 is 18.3. The number of fused-ring (bicyclic) bond motifs is 5. The fraction of sp³-hybridized carbons (Fsp3) is 0.889. The Kier molecular flexibility index (Phi) is 8.81. The van der Waals surface area contributed by atoms with Crippen LogP contribution in [-0.2, 0) is 23.8 Å². The summed E-state index contributed by atoms with van der Waals surface area (Å²) >= 11 is 0. The van der Waals surface area contributed by atoms with Gasteiger partial charge in [0.05, 0.1) is 31.0 Å². The predicted molar refractivity (Wildman–Crippen MR) is 170 cm³/mol.